The third-order valence-electron chi connectivity index (χ3n) is 7.45. The van der Waals surface area contributed by atoms with Crippen molar-refractivity contribution in [2.24, 2.45) is 0 Å². The van der Waals surface area contributed by atoms with E-state index >= 15 is 0 Å². The number of para-hydroxylation sites is 1. The molecular formula is C28H34N6O2. The van der Waals surface area contributed by atoms with Crippen LogP contribution in [0, 0.1) is 6.92 Å². The van der Waals surface area contributed by atoms with E-state index in [1.807, 2.05) is 48.0 Å². The van der Waals surface area contributed by atoms with Gasteiger partial charge in [0.05, 0.1) is 25.2 Å². The van der Waals surface area contributed by atoms with E-state index in [0.717, 1.165) is 58.4 Å². The SMILES string of the molecule is CC[C@H](c1nnnn1Cc1ccc(OC)cc1)N(Cc1cc2cccc(C)c2[nH]c1=O)C1CCCC1. The zero-order valence-electron chi connectivity index (χ0n) is 21.3. The van der Waals surface area contributed by atoms with E-state index < -0.39 is 0 Å². The van der Waals surface area contributed by atoms with Crippen LogP contribution < -0.4 is 10.3 Å². The Balaban J connectivity index is 1.48. The summed E-state index contributed by atoms with van der Waals surface area (Å²) in [5, 5.41) is 13.9. The number of benzene rings is 2. The van der Waals surface area contributed by atoms with E-state index in [-0.39, 0.29) is 11.6 Å². The van der Waals surface area contributed by atoms with Crippen molar-refractivity contribution in [2.45, 2.75) is 71.1 Å². The van der Waals surface area contributed by atoms with Crippen LogP contribution in [0.25, 0.3) is 10.9 Å². The third-order valence-corrected chi connectivity index (χ3v) is 7.45. The Bertz CT molecular complexity index is 1370. The molecule has 8 heteroatoms. The highest BCUT2D eigenvalue weighted by molar-refractivity contribution is 5.81. The molecule has 2 aromatic heterocycles. The van der Waals surface area contributed by atoms with Crippen LogP contribution in [0.4, 0.5) is 0 Å². The molecule has 0 radical (unpaired) electrons. The van der Waals surface area contributed by atoms with Gasteiger partial charge in [-0.1, -0.05) is 50.1 Å². The van der Waals surface area contributed by atoms with Crippen LogP contribution in [0.1, 0.15) is 67.6 Å². The van der Waals surface area contributed by atoms with Crippen LogP contribution in [-0.4, -0.2) is 43.2 Å². The van der Waals surface area contributed by atoms with Crippen molar-refractivity contribution in [1.29, 1.82) is 0 Å². The number of methoxy groups -OCH3 is 1. The van der Waals surface area contributed by atoms with Crippen molar-refractivity contribution < 1.29 is 4.74 Å². The molecule has 0 aliphatic heterocycles. The predicted octanol–water partition coefficient (Wildman–Crippen LogP) is 4.78. The summed E-state index contributed by atoms with van der Waals surface area (Å²) in [6.45, 7) is 5.35. The van der Waals surface area contributed by atoms with Crippen molar-refractivity contribution in [1.82, 2.24) is 30.1 Å². The summed E-state index contributed by atoms with van der Waals surface area (Å²) in [5.74, 6) is 1.67. The molecule has 1 aliphatic carbocycles. The number of tetrazole rings is 1. The summed E-state index contributed by atoms with van der Waals surface area (Å²) in [7, 11) is 1.67. The number of nitrogens with one attached hydrogen (secondary N) is 1. The molecule has 2 aromatic carbocycles. The van der Waals surface area contributed by atoms with E-state index in [1.54, 1.807) is 7.11 Å². The van der Waals surface area contributed by atoms with Crippen molar-refractivity contribution in [3.05, 3.63) is 81.4 Å². The fraction of sp³-hybridized carbons (Fsp3) is 0.429. The molecule has 1 saturated carbocycles. The van der Waals surface area contributed by atoms with Gasteiger partial charge < -0.3 is 9.72 Å². The number of nitrogens with zero attached hydrogens (tertiary/aromatic N) is 5. The van der Waals surface area contributed by atoms with Gasteiger partial charge in [-0.05, 0) is 71.3 Å². The lowest BCUT2D eigenvalue weighted by molar-refractivity contribution is 0.112. The third kappa shape index (κ3) is 4.91. The Morgan fingerprint density at radius 3 is 2.67 bits per heavy atom. The van der Waals surface area contributed by atoms with Gasteiger partial charge in [-0.2, -0.15) is 0 Å². The fourth-order valence-electron chi connectivity index (χ4n) is 5.50. The van der Waals surface area contributed by atoms with Crippen molar-refractivity contribution >= 4 is 10.9 Å². The standard InChI is InChI=1S/C28H34N6O2/c1-4-25(27-30-31-32-34(27)17-20-12-14-24(36-3)15-13-20)33(23-10-5-6-11-23)18-22-16-21-9-7-8-19(2)26(21)29-28(22)35/h7-9,12-16,23,25H,4-6,10-11,17-18H2,1-3H3,(H,29,35)/t25-/m1/s1. The number of ether oxygens (including phenoxy) is 1. The van der Waals surface area contributed by atoms with Gasteiger partial charge in [0.25, 0.3) is 5.56 Å². The van der Waals surface area contributed by atoms with Crippen LogP contribution in [0.5, 0.6) is 5.75 Å². The lowest BCUT2D eigenvalue weighted by atomic mass is 10.0. The number of aromatic nitrogens is 5. The van der Waals surface area contributed by atoms with Gasteiger partial charge in [0.2, 0.25) is 0 Å². The molecule has 1 fully saturated rings. The first kappa shape index (κ1) is 24.2. The summed E-state index contributed by atoms with van der Waals surface area (Å²) in [6, 6.07) is 16.6. The molecule has 1 aliphatic rings. The quantitative estimate of drug-likeness (QED) is 0.366. The molecule has 4 aromatic rings. The van der Waals surface area contributed by atoms with E-state index in [0.29, 0.717) is 19.1 Å². The maximum atomic E-state index is 13.2. The van der Waals surface area contributed by atoms with Gasteiger partial charge in [-0.25, -0.2) is 4.68 Å². The van der Waals surface area contributed by atoms with Crippen LogP contribution in [0.15, 0.2) is 53.3 Å². The molecule has 5 rings (SSSR count). The summed E-state index contributed by atoms with van der Waals surface area (Å²) in [5.41, 5.74) is 3.86. The normalized spacial score (nSPS) is 15.1. The second-order valence-electron chi connectivity index (χ2n) is 9.74. The molecule has 0 bridgehead atoms. The Hall–Kier alpha value is -3.52. The number of fused-ring (bicyclic) bond motifs is 1. The van der Waals surface area contributed by atoms with Crippen molar-refractivity contribution in [3.8, 4) is 5.75 Å². The number of rotatable bonds is 9. The monoisotopic (exact) mass is 486 g/mol. The minimum absolute atomic E-state index is 0.00829. The molecule has 0 unspecified atom stereocenters. The molecule has 188 valence electrons. The number of H-pyrrole nitrogens is 1. The second-order valence-corrected chi connectivity index (χ2v) is 9.74. The molecule has 36 heavy (non-hydrogen) atoms. The van der Waals surface area contributed by atoms with Gasteiger partial charge in [-0.3, -0.25) is 9.69 Å². The van der Waals surface area contributed by atoms with Crippen molar-refractivity contribution in [2.75, 3.05) is 7.11 Å². The van der Waals surface area contributed by atoms with Crippen LogP contribution in [-0.2, 0) is 13.1 Å². The molecule has 0 spiro atoms. The number of pyridine rings is 1. The number of hydrogen-bond acceptors (Lipinski definition) is 6. The Morgan fingerprint density at radius 1 is 1.17 bits per heavy atom. The van der Waals surface area contributed by atoms with Crippen molar-refractivity contribution in [3.63, 3.8) is 0 Å². The molecule has 2 heterocycles. The average Bonchev–Trinajstić information content (AvgIpc) is 3.58. The van der Waals surface area contributed by atoms with Gasteiger partial charge in [0, 0.05) is 18.2 Å². The van der Waals surface area contributed by atoms with Crippen LogP contribution in [0.2, 0.25) is 0 Å². The Morgan fingerprint density at radius 2 is 1.94 bits per heavy atom. The highest BCUT2D eigenvalue weighted by atomic mass is 16.5. The van der Waals surface area contributed by atoms with Gasteiger partial charge in [0.1, 0.15) is 5.75 Å². The summed E-state index contributed by atoms with van der Waals surface area (Å²) in [4.78, 5) is 18.8. The Kier molecular flexibility index (Phi) is 7.13. The van der Waals surface area contributed by atoms with E-state index in [9.17, 15) is 4.79 Å². The van der Waals surface area contributed by atoms with E-state index in [2.05, 4.69) is 44.5 Å². The summed E-state index contributed by atoms with van der Waals surface area (Å²) in [6.07, 6.45) is 5.52. The smallest absolute Gasteiger partial charge is 0.252 e. The van der Waals surface area contributed by atoms with Gasteiger partial charge in [0.15, 0.2) is 5.82 Å². The minimum atomic E-state index is -0.0209. The molecule has 1 N–H and O–H groups in total. The molecule has 0 amide bonds. The predicted molar refractivity (Wildman–Crippen MR) is 140 cm³/mol. The Labute approximate surface area is 211 Å². The van der Waals surface area contributed by atoms with Crippen LogP contribution in [0.3, 0.4) is 0 Å². The second kappa shape index (κ2) is 10.6. The average molecular weight is 487 g/mol. The maximum absolute atomic E-state index is 13.2. The highest BCUT2D eigenvalue weighted by Crippen LogP contribution is 2.34. The number of aryl methyl sites for hydroxylation is 1. The van der Waals surface area contributed by atoms with E-state index in [4.69, 9.17) is 4.74 Å². The lowest BCUT2D eigenvalue weighted by Crippen LogP contribution is -2.39. The largest absolute Gasteiger partial charge is 0.497 e. The molecule has 0 saturated heterocycles. The molecular weight excluding hydrogens is 452 g/mol. The topological polar surface area (TPSA) is 88.9 Å². The molecule has 8 nitrogen and oxygen atoms in total. The van der Waals surface area contributed by atoms with Gasteiger partial charge in [-0.15, -0.1) is 5.10 Å². The number of hydrogen-bond donors (Lipinski definition) is 1. The first-order valence-electron chi connectivity index (χ1n) is 12.8. The summed E-state index contributed by atoms with van der Waals surface area (Å²) >= 11 is 0. The lowest BCUT2D eigenvalue weighted by Gasteiger charge is -2.35. The fourth-order valence-corrected chi connectivity index (χ4v) is 5.50. The first-order chi connectivity index (χ1) is 17.6. The van der Waals surface area contributed by atoms with E-state index in [1.165, 1.54) is 12.8 Å². The maximum Gasteiger partial charge on any atom is 0.252 e. The summed E-state index contributed by atoms with van der Waals surface area (Å²) < 4.78 is 7.18. The first-order valence-corrected chi connectivity index (χ1v) is 12.8. The zero-order chi connectivity index (χ0) is 25.1. The van der Waals surface area contributed by atoms with Crippen LogP contribution >= 0.6 is 0 Å². The minimum Gasteiger partial charge on any atom is -0.497 e. The van der Waals surface area contributed by atoms with Gasteiger partial charge >= 0.3 is 0 Å². The number of aromatic amines is 1. The zero-order valence-corrected chi connectivity index (χ0v) is 21.3. The molecule has 1 atom stereocenters. The highest BCUT2D eigenvalue weighted by Gasteiger charge is 2.32.